The van der Waals surface area contributed by atoms with Crippen LogP contribution < -0.4 is 15.4 Å². The maximum Gasteiger partial charge on any atom is 0.407 e. The summed E-state index contributed by atoms with van der Waals surface area (Å²) in [5, 5.41) is 16.4. The van der Waals surface area contributed by atoms with Gasteiger partial charge in [0, 0.05) is 30.6 Å². The number of methoxy groups -OCH3 is 2. The molecule has 0 bridgehead atoms. The highest BCUT2D eigenvalue weighted by atomic mass is 16.5. The van der Waals surface area contributed by atoms with E-state index < -0.39 is 30.4 Å². The lowest BCUT2D eigenvalue weighted by atomic mass is 9.92. The number of aromatic amines is 2. The smallest absolute Gasteiger partial charge is 0.407 e. The Morgan fingerprint density at radius 1 is 0.917 bits per heavy atom. The molecule has 16 heteroatoms. The van der Waals surface area contributed by atoms with Crippen molar-refractivity contribution in [2.75, 3.05) is 20.8 Å². The first-order valence-electron chi connectivity index (χ1n) is 20.5. The number of alkyl carbamates (subject to hydrolysis) is 1. The zero-order valence-electron chi connectivity index (χ0n) is 34.9. The Kier molecular flexibility index (Phi) is 10.9. The predicted octanol–water partition coefficient (Wildman–Crippen LogP) is 6.68. The average Bonchev–Trinajstić information content (AvgIpc) is 4.05. The van der Waals surface area contributed by atoms with Gasteiger partial charge in [-0.1, -0.05) is 39.0 Å². The molecular weight excluding hydrogens is 769 g/mol. The van der Waals surface area contributed by atoms with Crippen molar-refractivity contribution in [3.8, 4) is 28.1 Å². The highest BCUT2D eigenvalue weighted by molar-refractivity contribution is 6.07. The molecule has 0 aliphatic carbocycles. The van der Waals surface area contributed by atoms with Crippen molar-refractivity contribution in [3.63, 3.8) is 0 Å². The maximum absolute atomic E-state index is 14.0. The number of nitrogens with one attached hydrogen (secondary N) is 4. The first kappa shape index (κ1) is 40.6. The van der Waals surface area contributed by atoms with Crippen molar-refractivity contribution in [2.24, 2.45) is 11.8 Å². The number of ether oxygens (including phenoxy) is 3. The number of rotatable bonds is 10. The molecule has 16 nitrogen and oxygen atoms in total. The van der Waals surface area contributed by atoms with Gasteiger partial charge in [0.15, 0.2) is 0 Å². The first-order valence-corrected chi connectivity index (χ1v) is 20.5. The average molecular weight is 821 g/mol. The van der Waals surface area contributed by atoms with Crippen LogP contribution in [-0.2, 0) is 25.7 Å². The minimum absolute atomic E-state index is 0.0602. The minimum atomic E-state index is -1.22. The maximum atomic E-state index is 14.0. The fraction of sp³-hybridized carbons (Fsp3) is 0.455. The Balaban J connectivity index is 1.05. The van der Waals surface area contributed by atoms with E-state index in [1.54, 1.807) is 22.9 Å². The van der Waals surface area contributed by atoms with Gasteiger partial charge < -0.3 is 49.7 Å². The second-order valence-electron chi connectivity index (χ2n) is 16.8. The molecule has 3 aliphatic rings. The Morgan fingerprint density at radius 3 is 2.45 bits per heavy atom. The Bertz CT molecular complexity index is 2480. The second kappa shape index (κ2) is 16.1. The van der Waals surface area contributed by atoms with Gasteiger partial charge >= 0.3 is 12.2 Å². The number of fused-ring (bicyclic) bond motifs is 6. The van der Waals surface area contributed by atoms with Crippen molar-refractivity contribution >= 4 is 45.8 Å². The molecule has 2 fully saturated rings. The summed E-state index contributed by atoms with van der Waals surface area (Å²) in [5.41, 5.74) is 6.42. The summed E-state index contributed by atoms with van der Waals surface area (Å²) in [6.07, 6.45) is 1.48. The van der Waals surface area contributed by atoms with Gasteiger partial charge in [0.05, 0.1) is 48.2 Å². The molecule has 0 saturated carbocycles. The number of H-pyrrole nitrogens is 2. The van der Waals surface area contributed by atoms with Crippen LogP contribution in [-0.4, -0.2) is 104 Å². The van der Waals surface area contributed by atoms with Crippen molar-refractivity contribution in [2.45, 2.75) is 96.8 Å². The molecule has 8 rings (SSSR count). The molecule has 0 spiro atoms. The van der Waals surface area contributed by atoms with E-state index >= 15 is 0 Å². The van der Waals surface area contributed by atoms with Crippen LogP contribution in [0.25, 0.3) is 44.2 Å². The van der Waals surface area contributed by atoms with Crippen LogP contribution in [0.15, 0.2) is 48.7 Å². The monoisotopic (exact) mass is 820 g/mol. The van der Waals surface area contributed by atoms with Crippen LogP contribution in [0.1, 0.15) is 83.2 Å². The third-order valence-corrected chi connectivity index (χ3v) is 12.4. The highest BCUT2D eigenvalue weighted by Gasteiger charge is 2.42. The van der Waals surface area contributed by atoms with Gasteiger partial charge in [-0.15, -0.1) is 0 Å². The normalized spacial score (nSPS) is 21.3. The van der Waals surface area contributed by atoms with Gasteiger partial charge in [-0.2, -0.15) is 0 Å². The number of aromatic nitrogens is 4. The number of hydrogen-bond donors (Lipinski definition) is 5. The second-order valence-corrected chi connectivity index (χ2v) is 16.8. The van der Waals surface area contributed by atoms with Gasteiger partial charge in [-0.05, 0) is 91.3 Å². The molecule has 0 unspecified atom stereocenters. The predicted molar refractivity (Wildman–Crippen MR) is 223 cm³/mol. The standard InChI is InChI=1S/C44H52N8O8/c1-21(2)36(49-43(55)56)42(54)52-23(4)8-13-33(52)39-45-18-32(47-39)26-9-11-28-27(15-26)20-60-35-17-29-25(16-30(28)35)10-12-31-38(29)48-40(46-31)34-14-22(3)19-51(34)41(53)37(24(5)58-6)50-44(57)59-7/h9-12,15-18,21-24,33-34,36-37,49H,8,13-14,19-20H2,1-7H3,(H,45,47)(H,46,48)(H,50,57)(H,55,56)/t22-,23-,24+,33-,34-,36-,37-/m0/s1. The molecule has 60 heavy (non-hydrogen) atoms. The fourth-order valence-electron chi connectivity index (χ4n) is 9.15. The van der Waals surface area contributed by atoms with Gasteiger partial charge in [0.1, 0.15) is 36.1 Å². The molecule has 7 atom stereocenters. The fourth-order valence-corrected chi connectivity index (χ4v) is 9.15. The number of likely N-dealkylation sites (tertiary alicyclic amines) is 2. The summed E-state index contributed by atoms with van der Waals surface area (Å²) in [6, 6.07) is 12.0. The number of carbonyl (C=O) groups is 4. The molecule has 3 aromatic carbocycles. The molecule has 0 radical (unpaired) electrons. The molecule has 5 heterocycles. The van der Waals surface area contributed by atoms with Crippen LogP contribution in [0, 0.1) is 11.8 Å². The quantitative estimate of drug-likeness (QED) is 0.101. The number of carbonyl (C=O) groups excluding carboxylic acids is 3. The lowest BCUT2D eigenvalue weighted by Crippen LogP contribution is -2.54. The summed E-state index contributed by atoms with van der Waals surface area (Å²) in [6.45, 7) is 10.4. The molecular formula is C44H52N8O8. The van der Waals surface area contributed by atoms with E-state index in [2.05, 4.69) is 57.9 Å². The van der Waals surface area contributed by atoms with E-state index in [-0.39, 0.29) is 41.8 Å². The third-order valence-electron chi connectivity index (χ3n) is 12.4. The molecule has 5 N–H and O–H groups in total. The van der Waals surface area contributed by atoms with Crippen molar-refractivity contribution < 1.29 is 38.5 Å². The number of nitrogens with zero attached hydrogens (tertiary/aromatic N) is 4. The van der Waals surface area contributed by atoms with E-state index in [0.717, 1.165) is 68.3 Å². The number of hydrogen-bond acceptors (Lipinski definition) is 9. The van der Waals surface area contributed by atoms with E-state index in [4.69, 9.17) is 24.2 Å². The van der Waals surface area contributed by atoms with Gasteiger partial charge in [-0.3, -0.25) is 9.59 Å². The van der Waals surface area contributed by atoms with Gasteiger partial charge in [0.2, 0.25) is 11.8 Å². The molecule has 2 aromatic heterocycles. The number of imidazole rings is 2. The number of benzene rings is 3. The summed E-state index contributed by atoms with van der Waals surface area (Å²) >= 11 is 0. The van der Waals surface area contributed by atoms with Crippen LogP contribution in [0.5, 0.6) is 5.75 Å². The molecule has 3 aliphatic heterocycles. The van der Waals surface area contributed by atoms with Crippen LogP contribution in [0.3, 0.4) is 0 Å². The van der Waals surface area contributed by atoms with Crippen molar-refractivity contribution in [1.82, 2.24) is 40.4 Å². The topological polar surface area (TPSA) is 204 Å². The summed E-state index contributed by atoms with van der Waals surface area (Å²) in [4.78, 5) is 71.6. The summed E-state index contributed by atoms with van der Waals surface area (Å²) in [5.74, 6) is 1.58. The van der Waals surface area contributed by atoms with Gasteiger partial charge in [0.25, 0.3) is 0 Å². The van der Waals surface area contributed by atoms with Crippen LogP contribution >= 0.6 is 0 Å². The number of carboxylic acid groups (broad SMARTS) is 1. The lowest BCUT2D eigenvalue weighted by Gasteiger charge is -2.32. The zero-order chi connectivity index (χ0) is 42.6. The lowest BCUT2D eigenvalue weighted by molar-refractivity contribution is -0.138. The van der Waals surface area contributed by atoms with Crippen molar-refractivity contribution in [1.29, 1.82) is 0 Å². The van der Waals surface area contributed by atoms with Gasteiger partial charge in [-0.25, -0.2) is 19.6 Å². The SMILES string of the molecule is COC(=O)N[C@H](C(=O)N1C[C@@H](C)C[C@H]1c1nc2ccc3cc4c(cc3c2[nH]1)OCc1cc(-c2cnc([C@@H]3CC[C@H](C)N3C(=O)[C@@H](NC(=O)O)C(C)C)[nH]2)ccc1-4)[C@@H](C)OC. The van der Waals surface area contributed by atoms with E-state index in [1.807, 2.05) is 32.9 Å². The molecule has 316 valence electrons. The Labute approximate surface area is 347 Å². The summed E-state index contributed by atoms with van der Waals surface area (Å²) in [7, 11) is 2.76. The highest BCUT2D eigenvalue weighted by Crippen LogP contribution is 2.44. The minimum Gasteiger partial charge on any atom is -0.488 e. The van der Waals surface area contributed by atoms with Crippen LogP contribution in [0.4, 0.5) is 9.59 Å². The third kappa shape index (κ3) is 7.37. The summed E-state index contributed by atoms with van der Waals surface area (Å²) < 4.78 is 16.7. The number of amides is 4. The van der Waals surface area contributed by atoms with Crippen molar-refractivity contribution in [3.05, 3.63) is 65.9 Å². The molecule has 5 aromatic rings. The Hall–Kier alpha value is -6.16. The Morgan fingerprint density at radius 2 is 1.72 bits per heavy atom. The van der Waals surface area contributed by atoms with Crippen LogP contribution in [0.2, 0.25) is 0 Å². The first-order chi connectivity index (χ1) is 28.8. The largest absolute Gasteiger partial charge is 0.488 e. The van der Waals surface area contributed by atoms with E-state index in [1.165, 1.54) is 14.2 Å². The van der Waals surface area contributed by atoms with E-state index in [0.29, 0.717) is 31.2 Å². The molecule has 2 saturated heterocycles. The zero-order valence-corrected chi connectivity index (χ0v) is 34.9. The van der Waals surface area contributed by atoms with E-state index in [9.17, 15) is 24.3 Å². The molecule has 4 amide bonds.